The van der Waals surface area contributed by atoms with Crippen molar-refractivity contribution < 1.29 is 4.79 Å². The van der Waals surface area contributed by atoms with Gasteiger partial charge in [-0.15, -0.1) is 0 Å². The van der Waals surface area contributed by atoms with E-state index in [0.717, 1.165) is 24.2 Å². The molecule has 86 valence electrons. The smallest absolute Gasteiger partial charge is 0.220 e. The number of nitrogens with one attached hydrogen (secondary N) is 1. The number of carbonyl (C=O) groups excluding carboxylic acids is 1. The minimum atomic E-state index is 0.243. The third-order valence-electron chi connectivity index (χ3n) is 4.30. The summed E-state index contributed by atoms with van der Waals surface area (Å²) in [5.41, 5.74) is 0. The lowest BCUT2D eigenvalue weighted by atomic mass is 9.84. The second kappa shape index (κ2) is 4.54. The van der Waals surface area contributed by atoms with Gasteiger partial charge in [0, 0.05) is 12.5 Å². The van der Waals surface area contributed by atoms with E-state index in [4.69, 9.17) is 0 Å². The number of fused-ring (bicyclic) bond motifs is 2. The molecule has 1 N–H and O–H groups in total. The summed E-state index contributed by atoms with van der Waals surface area (Å²) in [4.78, 5) is 11.5. The molecule has 0 unspecified atom stereocenters. The maximum absolute atomic E-state index is 11.5. The average Bonchev–Trinajstić information content (AvgIpc) is 2.78. The van der Waals surface area contributed by atoms with Crippen LogP contribution in [0.5, 0.6) is 0 Å². The first-order valence-corrected chi connectivity index (χ1v) is 6.50. The lowest BCUT2D eigenvalue weighted by molar-refractivity contribution is -0.122. The highest BCUT2D eigenvalue weighted by molar-refractivity contribution is 5.76. The Bertz CT molecular complexity index is 239. The largest absolute Gasteiger partial charge is 0.353 e. The molecule has 4 atom stereocenters. The van der Waals surface area contributed by atoms with Gasteiger partial charge in [0.05, 0.1) is 0 Å². The third-order valence-corrected chi connectivity index (χ3v) is 4.30. The summed E-state index contributed by atoms with van der Waals surface area (Å²) in [5, 5.41) is 3.17. The topological polar surface area (TPSA) is 29.1 Å². The van der Waals surface area contributed by atoms with Gasteiger partial charge in [0.1, 0.15) is 0 Å². The zero-order chi connectivity index (χ0) is 10.8. The second-order valence-corrected chi connectivity index (χ2v) is 5.44. The first-order valence-electron chi connectivity index (χ1n) is 6.50. The van der Waals surface area contributed by atoms with Crippen LogP contribution in [0.25, 0.3) is 0 Å². The summed E-state index contributed by atoms with van der Waals surface area (Å²) in [5.74, 6) is 2.90. The molecule has 2 bridgehead atoms. The monoisotopic (exact) mass is 209 g/mol. The Labute approximate surface area is 92.8 Å². The highest BCUT2D eigenvalue weighted by Crippen LogP contribution is 2.49. The zero-order valence-corrected chi connectivity index (χ0v) is 9.96. The third kappa shape index (κ3) is 2.35. The van der Waals surface area contributed by atoms with Crippen LogP contribution in [0.2, 0.25) is 0 Å². The Hall–Kier alpha value is -0.530. The standard InChI is InChI=1S/C13H23NO/c1-3-4-13(15)14-9(2)12-8-10-5-6-11(12)7-10/h9-12H,3-8H2,1-2H3,(H,14,15)/t9-,10-,11-,12+/m1/s1. The summed E-state index contributed by atoms with van der Waals surface area (Å²) in [6, 6.07) is 0.402. The molecular formula is C13H23NO. The zero-order valence-electron chi connectivity index (χ0n) is 9.96. The summed E-state index contributed by atoms with van der Waals surface area (Å²) < 4.78 is 0. The maximum Gasteiger partial charge on any atom is 0.220 e. The second-order valence-electron chi connectivity index (χ2n) is 5.44. The molecule has 2 heteroatoms. The summed E-state index contributed by atoms with van der Waals surface area (Å²) in [6.07, 6.45) is 7.28. The Morgan fingerprint density at radius 2 is 2.20 bits per heavy atom. The van der Waals surface area contributed by atoms with Crippen LogP contribution in [0, 0.1) is 17.8 Å². The Morgan fingerprint density at radius 3 is 2.73 bits per heavy atom. The van der Waals surface area contributed by atoms with E-state index in [-0.39, 0.29) is 5.91 Å². The lowest BCUT2D eigenvalue weighted by Crippen LogP contribution is -2.39. The highest BCUT2D eigenvalue weighted by atomic mass is 16.1. The lowest BCUT2D eigenvalue weighted by Gasteiger charge is -2.28. The number of hydrogen-bond acceptors (Lipinski definition) is 1. The number of hydrogen-bond donors (Lipinski definition) is 1. The van der Waals surface area contributed by atoms with Gasteiger partial charge in [0.2, 0.25) is 5.91 Å². The molecule has 2 fully saturated rings. The van der Waals surface area contributed by atoms with E-state index in [9.17, 15) is 4.79 Å². The van der Waals surface area contributed by atoms with Gasteiger partial charge in [-0.1, -0.05) is 13.3 Å². The van der Waals surface area contributed by atoms with Gasteiger partial charge in [0.25, 0.3) is 0 Å². The fourth-order valence-electron chi connectivity index (χ4n) is 3.57. The van der Waals surface area contributed by atoms with Crippen LogP contribution in [0.4, 0.5) is 0 Å². The molecule has 0 heterocycles. The number of rotatable bonds is 4. The fraction of sp³-hybridized carbons (Fsp3) is 0.923. The molecule has 0 saturated heterocycles. The molecule has 1 amide bonds. The van der Waals surface area contributed by atoms with Crippen molar-refractivity contribution in [2.24, 2.45) is 17.8 Å². The number of carbonyl (C=O) groups is 1. The van der Waals surface area contributed by atoms with Crippen LogP contribution in [0.1, 0.15) is 52.4 Å². The maximum atomic E-state index is 11.5. The van der Waals surface area contributed by atoms with Crippen LogP contribution in [-0.4, -0.2) is 11.9 Å². The minimum absolute atomic E-state index is 0.243. The molecule has 0 aromatic rings. The molecule has 15 heavy (non-hydrogen) atoms. The molecular weight excluding hydrogens is 186 g/mol. The Kier molecular flexibility index (Phi) is 3.32. The number of amides is 1. The van der Waals surface area contributed by atoms with Crippen LogP contribution in [-0.2, 0) is 4.79 Å². The van der Waals surface area contributed by atoms with Crippen molar-refractivity contribution in [3.8, 4) is 0 Å². The van der Waals surface area contributed by atoms with Gasteiger partial charge in [-0.25, -0.2) is 0 Å². The van der Waals surface area contributed by atoms with E-state index in [0.29, 0.717) is 12.5 Å². The quantitative estimate of drug-likeness (QED) is 0.758. The summed E-state index contributed by atoms with van der Waals surface area (Å²) in [7, 11) is 0. The molecule has 2 nitrogen and oxygen atoms in total. The molecule has 0 radical (unpaired) electrons. The molecule has 0 aromatic heterocycles. The summed E-state index contributed by atoms with van der Waals surface area (Å²) >= 11 is 0. The molecule has 0 aromatic carbocycles. The summed E-state index contributed by atoms with van der Waals surface area (Å²) in [6.45, 7) is 4.25. The first kappa shape index (κ1) is 11.0. The van der Waals surface area contributed by atoms with Gasteiger partial charge in [-0.05, 0) is 50.4 Å². The normalized spacial score (nSPS) is 35.5. The van der Waals surface area contributed by atoms with Crippen molar-refractivity contribution in [3.05, 3.63) is 0 Å². The molecule has 2 rings (SSSR count). The highest BCUT2D eigenvalue weighted by Gasteiger charge is 2.41. The van der Waals surface area contributed by atoms with Crippen molar-refractivity contribution in [2.45, 2.75) is 58.4 Å². The molecule has 2 saturated carbocycles. The first-order chi connectivity index (χ1) is 7.20. The Morgan fingerprint density at radius 1 is 1.40 bits per heavy atom. The van der Waals surface area contributed by atoms with Crippen LogP contribution < -0.4 is 5.32 Å². The van der Waals surface area contributed by atoms with Gasteiger partial charge in [-0.3, -0.25) is 4.79 Å². The van der Waals surface area contributed by atoms with Crippen LogP contribution in [0.3, 0.4) is 0 Å². The van der Waals surface area contributed by atoms with Crippen LogP contribution >= 0.6 is 0 Å². The van der Waals surface area contributed by atoms with Crippen molar-refractivity contribution in [2.75, 3.05) is 0 Å². The molecule has 0 spiro atoms. The molecule has 0 aliphatic heterocycles. The van der Waals surface area contributed by atoms with E-state index in [2.05, 4.69) is 19.2 Å². The minimum Gasteiger partial charge on any atom is -0.353 e. The van der Waals surface area contributed by atoms with Gasteiger partial charge >= 0.3 is 0 Å². The van der Waals surface area contributed by atoms with Gasteiger partial charge < -0.3 is 5.32 Å². The van der Waals surface area contributed by atoms with Crippen molar-refractivity contribution in [1.82, 2.24) is 5.32 Å². The van der Waals surface area contributed by atoms with Crippen molar-refractivity contribution in [3.63, 3.8) is 0 Å². The van der Waals surface area contributed by atoms with Crippen molar-refractivity contribution >= 4 is 5.91 Å². The molecule has 2 aliphatic carbocycles. The SMILES string of the molecule is CCCC(=O)N[C@H](C)[C@@H]1C[C@@H]2CC[C@@H]1C2. The Balaban J connectivity index is 1.81. The van der Waals surface area contributed by atoms with E-state index in [1.54, 1.807) is 0 Å². The van der Waals surface area contributed by atoms with Crippen LogP contribution in [0.15, 0.2) is 0 Å². The predicted molar refractivity (Wildman–Crippen MR) is 61.5 cm³/mol. The predicted octanol–water partition coefficient (Wildman–Crippen LogP) is 2.73. The van der Waals surface area contributed by atoms with E-state index < -0.39 is 0 Å². The van der Waals surface area contributed by atoms with Crippen molar-refractivity contribution in [1.29, 1.82) is 0 Å². The van der Waals surface area contributed by atoms with E-state index >= 15 is 0 Å². The van der Waals surface area contributed by atoms with E-state index in [1.807, 2.05) is 0 Å². The molecule has 2 aliphatic rings. The van der Waals surface area contributed by atoms with Gasteiger partial charge in [0.15, 0.2) is 0 Å². The fourth-order valence-corrected chi connectivity index (χ4v) is 3.57. The average molecular weight is 209 g/mol. The van der Waals surface area contributed by atoms with Gasteiger partial charge in [-0.2, -0.15) is 0 Å². The van der Waals surface area contributed by atoms with E-state index in [1.165, 1.54) is 25.7 Å².